The minimum absolute atomic E-state index is 0.0704. The number of anilines is 1. The molecule has 0 bridgehead atoms. The fourth-order valence-electron chi connectivity index (χ4n) is 3.16. The van der Waals surface area contributed by atoms with Crippen molar-refractivity contribution in [3.8, 4) is 0 Å². The zero-order valence-electron chi connectivity index (χ0n) is 13.7. The van der Waals surface area contributed by atoms with Crippen molar-refractivity contribution in [3.05, 3.63) is 34.4 Å². The van der Waals surface area contributed by atoms with Crippen LogP contribution in [0, 0.1) is 10.1 Å². The maximum absolute atomic E-state index is 12.3. The highest BCUT2D eigenvalue weighted by Crippen LogP contribution is 2.23. The number of carbonyl (C=O) groups excluding carboxylic acids is 1. The van der Waals surface area contributed by atoms with Crippen LogP contribution < -0.4 is 10.6 Å². The molecule has 1 fully saturated rings. The van der Waals surface area contributed by atoms with Gasteiger partial charge in [0.15, 0.2) is 6.04 Å². The molecular weight excluding hydrogens is 294 g/mol. The van der Waals surface area contributed by atoms with Crippen LogP contribution in [0.3, 0.4) is 0 Å². The number of quaternary nitrogens is 1. The molecule has 0 aromatic heterocycles. The van der Waals surface area contributed by atoms with Gasteiger partial charge in [-0.2, -0.15) is 0 Å². The van der Waals surface area contributed by atoms with E-state index in [9.17, 15) is 14.9 Å². The van der Waals surface area contributed by atoms with Crippen molar-refractivity contribution < 1.29 is 15.0 Å². The predicted octanol–water partition coefficient (Wildman–Crippen LogP) is 2.60. The van der Waals surface area contributed by atoms with Gasteiger partial charge in [-0.15, -0.1) is 0 Å². The van der Waals surface area contributed by atoms with Crippen molar-refractivity contribution in [2.24, 2.45) is 0 Å². The van der Waals surface area contributed by atoms with Crippen molar-refractivity contribution in [1.82, 2.24) is 0 Å². The van der Waals surface area contributed by atoms with Crippen LogP contribution in [-0.4, -0.2) is 22.9 Å². The zero-order chi connectivity index (χ0) is 16.7. The van der Waals surface area contributed by atoms with Gasteiger partial charge in [0.2, 0.25) is 0 Å². The molecule has 1 aliphatic rings. The molecule has 1 aliphatic carbocycles. The van der Waals surface area contributed by atoms with E-state index in [-0.39, 0.29) is 23.3 Å². The van der Waals surface area contributed by atoms with Crippen LogP contribution in [0.4, 0.5) is 11.4 Å². The van der Waals surface area contributed by atoms with E-state index in [1.807, 2.05) is 6.92 Å². The topological polar surface area (TPSA) is 88.8 Å². The largest absolute Gasteiger partial charge is 0.334 e. The third kappa shape index (κ3) is 5.32. The molecule has 0 aliphatic heterocycles. The van der Waals surface area contributed by atoms with Crippen LogP contribution in [-0.2, 0) is 4.79 Å². The number of para-hydroxylation sites is 2. The molecule has 0 heterocycles. The van der Waals surface area contributed by atoms with Gasteiger partial charge in [0.25, 0.3) is 11.6 Å². The number of benzene rings is 1. The summed E-state index contributed by atoms with van der Waals surface area (Å²) in [6, 6.07) is 6.47. The first kappa shape index (κ1) is 17.4. The zero-order valence-corrected chi connectivity index (χ0v) is 13.7. The van der Waals surface area contributed by atoms with Gasteiger partial charge >= 0.3 is 0 Å². The molecule has 0 radical (unpaired) electrons. The van der Waals surface area contributed by atoms with Crippen molar-refractivity contribution in [3.63, 3.8) is 0 Å². The molecular formula is C17H26N3O3+. The van der Waals surface area contributed by atoms with E-state index in [1.165, 1.54) is 38.2 Å². The number of hydrogen-bond acceptors (Lipinski definition) is 3. The summed E-state index contributed by atoms with van der Waals surface area (Å²) in [6.45, 7) is 1.86. The molecule has 1 atom stereocenters. The van der Waals surface area contributed by atoms with E-state index in [0.717, 1.165) is 12.8 Å². The molecule has 0 saturated heterocycles. The van der Waals surface area contributed by atoms with Crippen molar-refractivity contribution in [1.29, 1.82) is 0 Å². The minimum Gasteiger partial charge on any atom is -0.334 e. The third-order valence-electron chi connectivity index (χ3n) is 4.48. The average molecular weight is 320 g/mol. The Morgan fingerprint density at radius 3 is 2.48 bits per heavy atom. The summed E-state index contributed by atoms with van der Waals surface area (Å²) in [4.78, 5) is 22.9. The fourth-order valence-corrected chi connectivity index (χ4v) is 3.16. The summed E-state index contributed by atoms with van der Waals surface area (Å²) in [6.07, 6.45) is 8.61. The molecule has 0 unspecified atom stereocenters. The van der Waals surface area contributed by atoms with Gasteiger partial charge in [-0.05, 0) is 38.7 Å². The SMILES string of the molecule is C[C@H]([NH2+]C1CCCCCCC1)C(=O)Nc1ccccc1[N+](=O)[O-]. The minimum atomic E-state index is -0.473. The summed E-state index contributed by atoms with van der Waals surface area (Å²) in [7, 11) is 0. The highest BCUT2D eigenvalue weighted by atomic mass is 16.6. The first-order valence-corrected chi connectivity index (χ1v) is 8.47. The molecule has 1 amide bonds. The lowest BCUT2D eigenvalue weighted by Gasteiger charge is -2.21. The third-order valence-corrected chi connectivity index (χ3v) is 4.48. The number of rotatable bonds is 5. The molecule has 126 valence electrons. The van der Waals surface area contributed by atoms with Gasteiger partial charge in [0.05, 0.1) is 11.0 Å². The van der Waals surface area contributed by atoms with E-state index in [0.29, 0.717) is 6.04 Å². The number of nitro groups is 1. The Hall–Kier alpha value is -1.95. The van der Waals surface area contributed by atoms with E-state index in [4.69, 9.17) is 0 Å². The number of nitrogens with one attached hydrogen (secondary N) is 1. The Morgan fingerprint density at radius 2 is 1.83 bits per heavy atom. The van der Waals surface area contributed by atoms with Gasteiger partial charge in [-0.1, -0.05) is 31.4 Å². The smallest absolute Gasteiger partial charge is 0.292 e. The number of nitro benzene ring substituents is 1. The standard InChI is InChI=1S/C17H25N3O3/c1-13(18-14-9-5-3-2-4-6-10-14)17(21)19-15-11-7-8-12-16(15)20(22)23/h7-8,11-14,18H,2-6,9-10H2,1H3,(H,19,21)/p+1/t13-/m0/s1. The molecule has 1 saturated carbocycles. The Morgan fingerprint density at radius 1 is 1.22 bits per heavy atom. The second-order valence-electron chi connectivity index (χ2n) is 6.35. The number of nitrogens with two attached hydrogens (primary N) is 1. The molecule has 0 spiro atoms. The Bertz CT molecular complexity index is 540. The van der Waals surface area contributed by atoms with Crippen LogP contribution in [0.1, 0.15) is 51.9 Å². The lowest BCUT2D eigenvalue weighted by Crippen LogP contribution is -2.96. The average Bonchev–Trinajstić information content (AvgIpc) is 2.50. The van der Waals surface area contributed by atoms with E-state index < -0.39 is 4.92 Å². The Kier molecular flexibility index (Phi) is 6.52. The highest BCUT2D eigenvalue weighted by molar-refractivity contribution is 5.95. The number of carbonyl (C=O) groups is 1. The predicted molar refractivity (Wildman–Crippen MR) is 89.2 cm³/mol. The van der Waals surface area contributed by atoms with Crippen molar-refractivity contribution >= 4 is 17.3 Å². The monoisotopic (exact) mass is 320 g/mol. The highest BCUT2D eigenvalue weighted by Gasteiger charge is 2.24. The maximum atomic E-state index is 12.3. The second kappa shape index (κ2) is 8.62. The molecule has 23 heavy (non-hydrogen) atoms. The van der Waals surface area contributed by atoms with Gasteiger partial charge in [0, 0.05) is 6.07 Å². The fraction of sp³-hybridized carbons (Fsp3) is 0.588. The summed E-state index contributed by atoms with van der Waals surface area (Å²) in [5.41, 5.74) is 0.194. The molecule has 6 nitrogen and oxygen atoms in total. The summed E-state index contributed by atoms with van der Waals surface area (Å²) >= 11 is 0. The number of amides is 1. The summed E-state index contributed by atoms with van der Waals surface area (Å²) < 4.78 is 0. The van der Waals surface area contributed by atoms with Gasteiger partial charge in [-0.25, -0.2) is 0 Å². The van der Waals surface area contributed by atoms with Gasteiger partial charge in [0.1, 0.15) is 5.69 Å². The van der Waals surface area contributed by atoms with E-state index in [1.54, 1.807) is 18.2 Å². The molecule has 3 N–H and O–H groups in total. The first-order chi connectivity index (χ1) is 11.1. The van der Waals surface area contributed by atoms with Crippen molar-refractivity contribution in [2.75, 3.05) is 5.32 Å². The molecule has 2 rings (SSSR count). The van der Waals surface area contributed by atoms with Crippen LogP contribution in [0.5, 0.6) is 0 Å². The van der Waals surface area contributed by atoms with Gasteiger partial charge in [-0.3, -0.25) is 14.9 Å². The van der Waals surface area contributed by atoms with Crippen LogP contribution in [0.15, 0.2) is 24.3 Å². The van der Waals surface area contributed by atoms with Crippen LogP contribution in [0.2, 0.25) is 0 Å². The summed E-state index contributed by atoms with van der Waals surface area (Å²) in [5.74, 6) is -0.179. The quantitative estimate of drug-likeness (QED) is 0.645. The lowest BCUT2D eigenvalue weighted by molar-refractivity contribution is -0.707. The molecule has 1 aromatic rings. The van der Waals surface area contributed by atoms with E-state index >= 15 is 0 Å². The van der Waals surface area contributed by atoms with Crippen molar-refractivity contribution in [2.45, 2.75) is 64.0 Å². The normalized spacial score (nSPS) is 17.8. The van der Waals surface area contributed by atoms with Crippen LogP contribution >= 0.6 is 0 Å². The second-order valence-corrected chi connectivity index (χ2v) is 6.35. The lowest BCUT2D eigenvalue weighted by atomic mass is 9.96. The number of nitrogens with zero attached hydrogens (tertiary/aromatic N) is 1. The molecule has 6 heteroatoms. The Labute approximate surface area is 136 Å². The Balaban J connectivity index is 1.93. The van der Waals surface area contributed by atoms with E-state index in [2.05, 4.69) is 10.6 Å². The number of hydrogen-bond donors (Lipinski definition) is 2. The van der Waals surface area contributed by atoms with Gasteiger partial charge < -0.3 is 10.6 Å². The van der Waals surface area contributed by atoms with Crippen LogP contribution in [0.25, 0.3) is 0 Å². The first-order valence-electron chi connectivity index (χ1n) is 8.47. The maximum Gasteiger partial charge on any atom is 0.292 e. The molecule has 1 aromatic carbocycles. The summed E-state index contributed by atoms with van der Waals surface area (Å²) in [5, 5.41) is 15.8.